The van der Waals surface area contributed by atoms with Gasteiger partial charge in [0.2, 0.25) is 0 Å². The van der Waals surface area contributed by atoms with Crippen LogP contribution in [0.1, 0.15) is 15.9 Å². The maximum atomic E-state index is 12.1. The minimum Gasteiger partial charge on any atom is -0.294 e. The Morgan fingerprint density at radius 3 is 2.72 bits per heavy atom. The molecule has 2 nitrogen and oxygen atoms in total. The summed E-state index contributed by atoms with van der Waals surface area (Å²) in [6, 6.07) is 11.7. The molecule has 0 N–H and O–H groups in total. The van der Waals surface area contributed by atoms with E-state index in [0.717, 1.165) is 11.1 Å². The number of thiophene rings is 1. The van der Waals surface area contributed by atoms with Gasteiger partial charge in [0.25, 0.3) is 0 Å². The Morgan fingerprint density at radius 2 is 1.89 bits per heavy atom. The molecule has 88 valence electrons. The molecule has 0 saturated heterocycles. The molecule has 0 atom stereocenters. The minimum absolute atomic E-state index is 0.140. The summed E-state index contributed by atoms with van der Waals surface area (Å²) in [4.78, 5) is 16.1. The standard InChI is InChI=1S/C15H11NOS/c17-14(11-5-7-16-8-6-11)9-12-10-18-15-4-2-1-3-13(12)15/h1-8,10H,9H2. The molecule has 0 amide bonds. The van der Waals surface area contributed by atoms with Crippen molar-refractivity contribution in [3.8, 4) is 0 Å². The molecule has 1 aromatic carbocycles. The summed E-state index contributed by atoms with van der Waals surface area (Å²) >= 11 is 1.69. The van der Waals surface area contributed by atoms with E-state index in [4.69, 9.17) is 0 Å². The van der Waals surface area contributed by atoms with Crippen molar-refractivity contribution in [2.24, 2.45) is 0 Å². The molecule has 0 aliphatic carbocycles. The van der Waals surface area contributed by atoms with Gasteiger partial charge < -0.3 is 0 Å². The number of pyridine rings is 1. The molecule has 3 aromatic rings. The van der Waals surface area contributed by atoms with Crippen molar-refractivity contribution in [2.75, 3.05) is 0 Å². The second kappa shape index (κ2) is 4.70. The smallest absolute Gasteiger partial charge is 0.167 e. The summed E-state index contributed by atoms with van der Waals surface area (Å²) in [5, 5.41) is 3.26. The zero-order valence-corrected chi connectivity index (χ0v) is 10.5. The Kier molecular flexibility index (Phi) is 2.90. The Bertz CT molecular complexity index is 688. The number of benzene rings is 1. The Labute approximate surface area is 109 Å². The highest BCUT2D eigenvalue weighted by Crippen LogP contribution is 2.26. The van der Waals surface area contributed by atoms with Crippen LogP contribution in [0.4, 0.5) is 0 Å². The first-order chi connectivity index (χ1) is 8.84. The highest BCUT2D eigenvalue weighted by atomic mass is 32.1. The molecule has 2 heterocycles. The second-order valence-corrected chi connectivity index (χ2v) is 5.00. The number of hydrogen-bond donors (Lipinski definition) is 0. The maximum absolute atomic E-state index is 12.1. The van der Waals surface area contributed by atoms with Crippen LogP contribution in [-0.4, -0.2) is 10.8 Å². The summed E-state index contributed by atoms with van der Waals surface area (Å²) in [6.45, 7) is 0. The van der Waals surface area contributed by atoms with E-state index in [9.17, 15) is 4.79 Å². The van der Waals surface area contributed by atoms with Crippen molar-refractivity contribution in [3.63, 3.8) is 0 Å². The van der Waals surface area contributed by atoms with Gasteiger partial charge in [-0.25, -0.2) is 0 Å². The van der Waals surface area contributed by atoms with E-state index in [2.05, 4.69) is 22.5 Å². The van der Waals surface area contributed by atoms with Crippen LogP contribution in [0.15, 0.2) is 54.2 Å². The van der Waals surface area contributed by atoms with E-state index < -0.39 is 0 Å². The van der Waals surface area contributed by atoms with Gasteiger partial charge in [0.15, 0.2) is 5.78 Å². The van der Waals surface area contributed by atoms with Gasteiger partial charge in [-0.1, -0.05) is 18.2 Å². The molecule has 0 bridgehead atoms. The third-order valence-electron chi connectivity index (χ3n) is 2.91. The van der Waals surface area contributed by atoms with Crippen LogP contribution in [0.25, 0.3) is 10.1 Å². The Balaban J connectivity index is 1.91. The Morgan fingerprint density at radius 1 is 1.11 bits per heavy atom. The number of nitrogens with zero attached hydrogens (tertiary/aromatic N) is 1. The summed E-state index contributed by atoms with van der Waals surface area (Å²) in [7, 11) is 0. The molecule has 0 spiro atoms. The molecule has 18 heavy (non-hydrogen) atoms. The first kappa shape index (κ1) is 11.1. The third-order valence-corrected chi connectivity index (χ3v) is 3.93. The van der Waals surface area contributed by atoms with Gasteiger partial charge in [0, 0.05) is 29.1 Å². The highest BCUT2D eigenvalue weighted by Gasteiger charge is 2.10. The van der Waals surface area contributed by atoms with E-state index in [1.54, 1.807) is 35.9 Å². The first-order valence-corrected chi connectivity index (χ1v) is 6.61. The minimum atomic E-state index is 0.140. The number of carbonyl (C=O) groups excluding carboxylic acids is 1. The fourth-order valence-electron chi connectivity index (χ4n) is 1.98. The molecule has 0 radical (unpaired) electrons. The van der Waals surface area contributed by atoms with Crippen molar-refractivity contribution >= 4 is 27.2 Å². The summed E-state index contributed by atoms with van der Waals surface area (Å²) < 4.78 is 1.23. The van der Waals surface area contributed by atoms with Crippen molar-refractivity contribution < 1.29 is 4.79 Å². The van der Waals surface area contributed by atoms with Crippen LogP contribution in [0.5, 0.6) is 0 Å². The molecule has 0 fully saturated rings. The lowest BCUT2D eigenvalue weighted by Gasteiger charge is -2.00. The number of hydrogen-bond acceptors (Lipinski definition) is 3. The van der Waals surface area contributed by atoms with Crippen molar-refractivity contribution in [1.82, 2.24) is 4.98 Å². The topological polar surface area (TPSA) is 30.0 Å². The van der Waals surface area contributed by atoms with Crippen LogP contribution < -0.4 is 0 Å². The fourth-order valence-corrected chi connectivity index (χ4v) is 2.95. The third kappa shape index (κ3) is 2.05. The fraction of sp³-hybridized carbons (Fsp3) is 0.0667. The number of fused-ring (bicyclic) bond motifs is 1. The van der Waals surface area contributed by atoms with E-state index in [1.165, 1.54) is 10.1 Å². The molecule has 0 aliphatic heterocycles. The summed E-state index contributed by atoms with van der Waals surface area (Å²) in [6.07, 6.45) is 3.76. The van der Waals surface area contributed by atoms with E-state index in [0.29, 0.717) is 6.42 Å². The molecule has 3 rings (SSSR count). The molecule has 3 heteroatoms. The average molecular weight is 253 g/mol. The van der Waals surface area contributed by atoms with Crippen LogP contribution in [0.3, 0.4) is 0 Å². The van der Waals surface area contributed by atoms with Crippen molar-refractivity contribution in [1.29, 1.82) is 0 Å². The highest BCUT2D eigenvalue weighted by molar-refractivity contribution is 7.17. The number of rotatable bonds is 3. The van der Waals surface area contributed by atoms with Gasteiger partial charge in [-0.05, 0) is 34.5 Å². The predicted molar refractivity (Wildman–Crippen MR) is 74.1 cm³/mol. The molecular weight excluding hydrogens is 242 g/mol. The lowest BCUT2D eigenvalue weighted by molar-refractivity contribution is 0.0993. The monoisotopic (exact) mass is 253 g/mol. The normalized spacial score (nSPS) is 10.7. The zero-order valence-electron chi connectivity index (χ0n) is 9.67. The van der Waals surface area contributed by atoms with Crippen LogP contribution >= 0.6 is 11.3 Å². The molecule has 0 aliphatic rings. The lowest BCUT2D eigenvalue weighted by Crippen LogP contribution is -2.02. The van der Waals surface area contributed by atoms with Gasteiger partial charge in [-0.2, -0.15) is 0 Å². The van der Waals surface area contributed by atoms with Gasteiger partial charge in [-0.15, -0.1) is 11.3 Å². The number of carbonyl (C=O) groups is 1. The van der Waals surface area contributed by atoms with Crippen molar-refractivity contribution in [3.05, 3.63) is 65.3 Å². The molecular formula is C15H11NOS. The van der Waals surface area contributed by atoms with Gasteiger partial charge >= 0.3 is 0 Å². The van der Waals surface area contributed by atoms with E-state index in [-0.39, 0.29) is 5.78 Å². The predicted octanol–water partition coefficient (Wildman–Crippen LogP) is 3.72. The Hall–Kier alpha value is -2.00. The lowest BCUT2D eigenvalue weighted by atomic mass is 10.0. The number of ketones is 1. The molecule has 0 unspecified atom stereocenters. The summed E-state index contributed by atoms with van der Waals surface area (Å²) in [5.74, 6) is 0.140. The van der Waals surface area contributed by atoms with Gasteiger partial charge in [-0.3, -0.25) is 9.78 Å². The van der Waals surface area contributed by atoms with E-state index >= 15 is 0 Å². The molecule has 2 aromatic heterocycles. The largest absolute Gasteiger partial charge is 0.294 e. The second-order valence-electron chi connectivity index (χ2n) is 4.09. The van der Waals surface area contributed by atoms with Crippen LogP contribution in [0, 0.1) is 0 Å². The molecule has 0 saturated carbocycles. The summed E-state index contributed by atoms with van der Waals surface area (Å²) in [5.41, 5.74) is 1.83. The SMILES string of the molecule is O=C(Cc1csc2ccccc12)c1ccncc1. The van der Waals surface area contributed by atoms with Crippen LogP contribution in [0.2, 0.25) is 0 Å². The van der Waals surface area contributed by atoms with Gasteiger partial charge in [0.1, 0.15) is 0 Å². The van der Waals surface area contributed by atoms with E-state index in [1.807, 2.05) is 12.1 Å². The van der Waals surface area contributed by atoms with Crippen LogP contribution in [-0.2, 0) is 6.42 Å². The quantitative estimate of drug-likeness (QED) is 0.666. The number of aromatic nitrogens is 1. The zero-order chi connectivity index (χ0) is 12.4. The average Bonchev–Trinajstić information content (AvgIpc) is 2.83. The first-order valence-electron chi connectivity index (χ1n) is 5.73. The maximum Gasteiger partial charge on any atom is 0.167 e. The number of Topliss-reactive ketones (excluding diaryl/α,β-unsaturated/α-hetero) is 1. The van der Waals surface area contributed by atoms with Crippen molar-refractivity contribution in [2.45, 2.75) is 6.42 Å². The van der Waals surface area contributed by atoms with Gasteiger partial charge in [0.05, 0.1) is 0 Å².